The van der Waals surface area contributed by atoms with Crippen molar-refractivity contribution in [3.63, 3.8) is 0 Å². The number of hydrogen-bond donors (Lipinski definition) is 10. The summed E-state index contributed by atoms with van der Waals surface area (Å²) < 4.78 is 0. The molecule has 0 saturated carbocycles. The number of carboxylic acid groups (broad SMARTS) is 8. The Hall–Kier alpha value is -4.32. The third-order valence-electron chi connectivity index (χ3n) is 0.898. The Bertz CT molecular complexity index is 422. The number of hydrogen-bond acceptors (Lipinski definition) is 10. The molecule has 0 atom stereocenters. The molecule has 0 aliphatic heterocycles. The van der Waals surface area contributed by atoms with Gasteiger partial charge >= 0.3 is 47.8 Å². The average molecular weight is 420 g/mol. The van der Waals surface area contributed by atoms with Crippen LogP contribution in [0.5, 0.6) is 0 Å². The first-order valence-corrected chi connectivity index (χ1v) is 5.74. The van der Waals surface area contributed by atoms with Gasteiger partial charge < -0.3 is 52.3 Å². The van der Waals surface area contributed by atoms with Crippen molar-refractivity contribution >= 4 is 47.8 Å². The minimum absolute atomic E-state index is 0.597. The summed E-state index contributed by atoms with van der Waals surface area (Å²) in [5.41, 5.74) is 9.81. The van der Waals surface area contributed by atoms with Crippen molar-refractivity contribution in [2.45, 2.75) is 0 Å². The first-order valence-electron chi connectivity index (χ1n) is 5.74. The van der Waals surface area contributed by atoms with Crippen LogP contribution in [0.4, 0.5) is 0 Å². The highest BCUT2D eigenvalue weighted by Crippen LogP contribution is 1.57. The van der Waals surface area contributed by atoms with Crippen LogP contribution in [-0.2, 0) is 38.4 Å². The van der Waals surface area contributed by atoms with Gasteiger partial charge in [0.25, 0.3) is 0 Å². The molecule has 18 nitrogen and oxygen atoms in total. The van der Waals surface area contributed by atoms with Crippen molar-refractivity contribution < 1.29 is 79.2 Å². The SMILES string of the molecule is NCCN.O=C(O)C(=O)O.O=C(O)C(=O)O.O=C(O)C(=O)O.O=C(O)C(=O)O. The van der Waals surface area contributed by atoms with Gasteiger partial charge in [-0.05, 0) is 0 Å². The Kier molecular flexibility index (Phi) is 28.3. The first-order chi connectivity index (χ1) is 12.5. The van der Waals surface area contributed by atoms with Crippen LogP contribution in [0, 0.1) is 0 Å². The third-order valence-corrected chi connectivity index (χ3v) is 0.898. The van der Waals surface area contributed by atoms with Gasteiger partial charge in [0.1, 0.15) is 0 Å². The maximum atomic E-state index is 9.10. The summed E-state index contributed by atoms with van der Waals surface area (Å²) in [6, 6.07) is 0. The van der Waals surface area contributed by atoms with E-state index in [1.54, 1.807) is 0 Å². The van der Waals surface area contributed by atoms with Crippen molar-refractivity contribution in [1.82, 2.24) is 0 Å². The lowest BCUT2D eigenvalue weighted by molar-refractivity contribution is -0.159. The lowest BCUT2D eigenvalue weighted by Crippen LogP contribution is -2.11. The molecule has 0 heterocycles. The second-order valence-corrected chi connectivity index (χ2v) is 3.02. The van der Waals surface area contributed by atoms with Gasteiger partial charge in [0.15, 0.2) is 0 Å². The van der Waals surface area contributed by atoms with E-state index >= 15 is 0 Å². The van der Waals surface area contributed by atoms with Crippen molar-refractivity contribution in [3.05, 3.63) is 0 Å². The topological polar surface area (TPSA) is 350 Å². The monoisotopic (exact) mass is 420 g/mol. The summed E-state index contributed by atoms with van der Waals surface area (Å²) in [7, 11) is 0. The highest BCUT2D eigenvalue weighted by molar-refractivity contribution is 6.28. The summed E-state index contributed by atoms with van der Waals surface area (Å²) in [6.07, 6.45) is 0. The Labute approximate surface area is 152 Å². The van der Waals surface area contributed by atoms with Gasteiger partial charge in [0.05, 0.1) is 0 Å². The molecule has 0 fully saturated rings. The van der Waals surface area contributed by atoms with Gasteiger partial charge in [-0.25, -0.2) is 38.4 Å². The fraction of sp³-hybridized carbons (Fsp3) is 0.200. The zero-order chi connectivity index (χ0) is 24.0. The second-order valence-electron chi connectivity index (χ2n) is 3.02. The van der Waals surface area contributed by atoms with E-state index in [2.05, 4.69) is 0 Å². The quantitative estimate of drug-likeness (QED) is 0.178. The fourth-order valence-corrected chi connectivity index (χ4v) is 0. The lowest BCUT2D eigenvalue weighted by Gasteiger charge is -1.72. The van der Waals surface area contributed by atoms with E-state index in [0.29, 0.717) is 13.1 Å². The van der Waals surface area contributed by atoms with Crippen LogP contribution in [0.25, 0.3) is 0 Å². The zero-order valence-electron chi connectivity index (χ0n) is 13.4. The molecule has 0 aromatic heterocycles. The predicted molar refractivity (Wildman–Crippen MR) is 79.2 cm³/mol. The van der Waals surface area contributed by atoms with Gasteiger partial charge in [0.2, 0.25) is 0 Å². The molecule has 0 amide bonds. The molecule has 0 aromatic rings. The fourth-order valence-electron chi connectivity index (χ4n) is 0. The van der Waals surface area contributed by atoms with Gasteiger partial charge in [-0.15, -0.1) is 0 Å². The average Bonchev–Trinajstić information content (AvgIpc) is 2.56. The number of nitrogens with two attached hydrogens (primary N) is 2. The summed E-state index contributed by atoms with van der Waals surface area (Å²) in [5.74, 6) is -14.6. The Balaban J connectivity index is -0.0000000793. The predicted octanol–water partition coefficient (Wildman–Crippen LogP) is -4.47. The normalized spacial score (nSPS) is 7.36. The molecule has 0 unspecified atom stereocenters. The standard InChI is InChI=1S/C2H8N2.4C2H2O4/c3-1-2-4;4*3-1(4)2(5)6/h1-4H2;4*(H,3,4)(H,5,6). The van der Waals surface area contributed by atoms with E-state index < -0.39 is 47.8 Å². The smallest absolute Gasteiger partial charge is 0.414 e. The maximum Gasteiger partial charge on any atom is 0.414 e. The maximum absolute atomic E-state index is 9.10. The summed E-state index contributed by atoms with van der Waals surface area (Å²) in [5, 5.41) is 59.1. The van der Waals surface area contributed by atoms with Crippen LogP contribution < -0.4 is 11.5 Å². The minimum atomic E-state index is -1.82. The van der Waals surface area contributed by atoms with E-state index in [1.165, 1.54) is 0 Å². The van der Waals surface area contributed by atoms with Crippen molar-refractivity contribution in [2.24, 2.45) is 11.5 Å². The molecule has 18 heteroatoms. The first kappa shape index (κ1) is 34.9. The molecule has 0 rings (SSSR count). The molecule has 0 aliphatic carbocycles. The summed E-state index contributed by atoms with van der Waals surface area (Å²) >= 11 is 0. The Morgan fingerprint density at radius 1 is 0.357 bits per heavy atom. The van der Waals surface area contributed by atoms with Crippen LogP contribution in [0.2, 0.25) is 0 Å². The van der Waals surface area contributed by atoms with Gasteiger partial charge in [-0.1, -0.05) is 0 Å². The van der Waals surface area contributed by atoms with Crippen LogP contribution in [0.3, 0.4) is 0 Å². The Morgan fingerprint density at radius 3 is 0.429 bits per heavy atom. The van der Waals surface area contributed by atoms with Crippen molar-refractivity contribution in [2.75, 3.05) is 13.1 Å². The largest absolute Gasteiger partial charge is 0.473 e. The molecule has 12 N–H and O–H groups in total. The van der Waals surface area contributed by atoms with E-state index in [9.17, 15) is 0 Å². The molecular weight excluding hydrogens is 404 g/mol. The number of carboxylic acids is 8. The molecule has 162 valence electrons. The Morgan fingerprint density at radius 2 is 0.429 bits per heavy atom. The zero-order valence-corrected chi connectivity index (χ0v) is 13.4. The van der Waals surface area contributed by atoms with Crippen LogP contribution in [0.1, 0.15) is 0 Å². The van der Waals surface area contributed by atoms with Crippen LogP contribution >= 0.6 is 0 Å². The van der Waals surface area contributed by atoms with E-state index in [0.717, 1.165) is 0 Å². The van der Waals surface area contributed by atoms with E-state index in [4.69, 9.17) is 90.7 Å². The van der Waals surface area contributed by atoms with Gasteiger partial charge in [-0.2, -0.15) is 0 Å². The third kappa shape index (κ3) is 57.7. The molecule has 0 spiro atoms. The van der Waals surface area contributed by atoms with E-state index in [-0.39, 0.29) is 0 Å². The number of rotatable bonds is 1. The molecule has 28 heavy (non-hydrogen) atoms. The molecule has 0 aliphatic rings. The van der Waals surface area contributed by atoms with Crippen molar-refractivity contribution in [3.8, 4) is 0 Å². The van der Waals surface area contributed by atoms with Gasteiger partial charge in [0, 0.05) is 13.1 Å². The van der Waals surface area contributed by atoms with Crippen LogP contribution in [-0.4, -0.2) is 102 Å². The molecular formula is C10H16N2O16. The van der Waals surface area contributed by atoms with E-state index in [1.807, 2.05) is 0 Å². The highest BCUT2D eigenvalue weighted by atomic mass is 16.5. The minimum Gasteiger partial charge on any atom is -0.473 e. The molecule has 0 radical (unpaired) electrons. The highest BCUT2D eigenvalue weighted by Gasteiger charge is 2.05. The summed E-state index contributed by atoms with van der Waals surface area (Å²) in [6.45, 7) is 1.19. The van der Waals surface area contributed by atoms with Crippen molar-refractivity contribution in [1.29, 1.82) is 0 Å². The lowest BCUT2D eigenvalue weighted by atomic mass is 10.7. The number of aliphatic carboxylic acids is 8. The molecule has 0 bridgehead atoms. The van der Waals surface area contributed by atoms with Crippen LogP contribution in [0.15, 0.2) is 0 Å². The van der Waals surface area contributed by atoms with Gasteiger partial charge in [-0.3, -0.25) is 0 Å². The number of carbonyl (C=O) groups is 8. The summed E-state index contributed by atoms with van der Waals surface area (Å²) in [4.78, 5) is 72.8. The molecule has 0 saturated heterocycles. The molecule has 0 aromatic carbocycles. The second kappa shape index (κ2) is 22.7.